The number of nitrogens with one attached hydrogen (secondary N) is 1. The maximum Gasteiger partial charge on any atom is 0.204 e. The number of aromatic nitrogens is 2. The number of hydrogen-bond donors (Lipinski definition) is 2. The van der Waals surface area contributed by atoms with Crippen molar-refractivity contribution in [2.24, 2.45) is 5.73 Å². The fourth-order valence-electron chi connectivity index (χ4n) is 3.72. The van der Waals surface area contributed by atoms with Gasteiger partial charge in [-0.3, -0.25) is 0 Å². The van der Waals surface area contributed by atoms with Crippen LogP contribution in [0.2, 0.25) is 0 Å². The minimum Gasteiger partial charge on any atom is -0.351 e. The molecule has 0 aliphatic heterocycles. The van der Waals surface area contributed by atoms with E-state index >= 15 is 0 Å². The van der Waals surface area contributed by atoms with Crippen LogP contribution in [0.4, 0.5) is 5.95 Å². The Hall–Kier alpha value is -2.84. The molecule has 2 unspecified atom stereocenters. The minimum absolute atomic E-state index is 0.173. The summed E-state index contributed by atoms with van der Waals surface area (Å²) in [6.45, 7) is 0.705. The van der Waals surface area contributed by atoms with Crippen LogP contribution in [0.3, 0.4) is 0 Å². The Morgan fingerprint density at radius 2 is 1.88 bits per heavy atom. The molecule has 1 fully saturated rings. The molecule has 2 atom stereocenters. The molecular weight excluding hydrogens is 322 g/mol. The molecule has 4 rings (SSSR count). The number of fused-ring (bicyclic) bond motifs is 1. The monoisotopic (exact) mass is 345 g/mol. The summed E-state index contributed by atoms with van der Waals surface area (Å²) in [7, 11) is 0. The molecule has 0 spiro atoms. The maximum atomic E-state index is 8.99. The predicted molar refractivity (Wildman–Crippen MR) is 104 cm³/mol. The molecule has 0 amide bonds. The van der Waals surface area contributed by atoms with E-state index in [1.807, 2.05) is 42.5 Å². The van der Waals surface area contributed by atoms with Crippen LogP contribution < -0.4 is 11.1 Å². The Morgan fingerprint density at radius 3 is 2.65 bits per heavy atom. The van der Waals surface area contributed by atoms with Gasteiger partial charge >= 0.3 is 0 Å². The van der Waals surface area contributed by atoms with Gasteiger partial charge in [-0.05, 0) is 42.7 Å². The van der Waals surface area contributed by atoms with Gasteiger partial charge in [0.25, 0.3) is 0 Å². The van der Waals surface area contributed by atoms with Gasteiger partial charge in [0.05, 0.1) is 29.2 Å². The molecule has 0 radical (unpaired) electrons. The van der Waals surface area contributed by atoms with E-state index in [0.717, 1.165) is 35.4 Å². The highest BCUT2D eigenvalue weighted by Crippen LogP contribution is 2.25. The van der Waals surface area contributed by atoms with Gasteiger partial charge in [-0.25, -0.2) is 4.98 Å². The van der Waals surface area contributed by atoms with Crippen LogP contribution in [0.1, 0.15) is 36.8 Å². The van der Waals surface area contributed by atoms with Crippen LogP contribution in [0.25, 0.3) is 11.0 Å². The van der Waals surface area contributed by atoms with E-state index in [9.17, 15) is 0 Å². The van der Waals surface area contributed by atoms with Crippen LogP contribution in [0.15, 0.2) is 48.5 Å². The molecule has 0 saturated heterocycles. The summed E-state index contributed by atoms with van der Waals surface area (Å²) < 4.78 is 2.21. The first-order chi connectivity index (χ1) is 12.7. The molecule has 1 heterocycles. The summed E-state index contributed by atoms with van der Waals surface area (Å²) in [5.41, 5.74) is 10.2. The molecule has 26 heavy (non-hydrogen) atoms. The zero-order valence-corrected chi connectivity index (χ0v) is 14.7. The molecule has 1 aromatic heterocycles. The normalized spacial score (nSPS) is 20.0. The van der Waals surface area contributed by atoms with E-state index < -0.39 is 0 Å². The van der Waals surface area contributed by atoms with Gasteiger partial charge in [-0.1, -0.05) is 37.1 Å². The second-order valence-electron chi connectivity index (χ2n) is 7.02. The van der Waals surface area contributed by atoms with Gasteiger partial charge in [-0.15, -0.1) is 0 Å². The van der Waals surface area contributed by atoms with E-state index in [-0.39, 0.29) is 12.1 Å². The van der Waals surface area contributed by atoms with E-state index in [1.54, 1.807) is 0 Å². The van der Waals surface area contributed by atoms with Crippen molar-refractivity contribution in [3.8, 4) is 6.07 Å². The van der Waals surface area contributed by atoms with E-state index in [4.69, 9.17) is 16.0 Å². The summed E-state index contributed by atoms with van der Waals surface area (Å²) in [6, 6.07) is 18.5. The number of benzene rings is 2. The Kier molecular flexibility index (Phi) is 4.59. The van der Waals surface area contributed by atoms with Gasteiger partial charge in [0.2, 0.25) is 5.95 Å². The van der Waals surface area contributed by atoms with Gasteiger partial charge < -0.3 is 15.6 Å². The van der Waals surface area contributed by atoms with Crippen LogP contribution in [0.5, 0.6) is 0 Å². The van der Waals surface area contributed by atoms with E-state index in [0.29, 0.717) is 12.1 Å². The Balaban J connectivity index is 1.68. The molecule has 1 aliphatic rings. The first-order valence-corrected chi connectivity index (χ1v) is 9.21. The Morgan fingerprint density at radius 1 is 1.12 bits per heavy atom. The standard InChI is InChI=1S/C21H23N5/c22-13-15-9-11-16(12-10-15)14-26-20-8-4-3-7-19(20)25-21(26)24-18-6-2-1-5-17(18)23/h3-4,7-12,17-18H,1-2,5-6,14,23H2,(H,24,25). The molecule has 5 nitrogen and oxygen atoms in total. The van der Waals surface area contributed by atoms with Crippen molar-refractivity contribution < 1.29 is 0 Å². The average molecular weight is 345 g/mol. The first-order valence-electron chi connectivity index (χ1n) is 9.21. The quantitative estimate of drug-likeness (QED) is 0.756. The third-order valence-electron chi connectivity index (χ3n) is 5.21. The number of nitriles is 1. The molecule has 1 aliphatic carbocycles. The van der Waals surface area contributed by atoms with Crippen LogP contribution in [-0.2, 0) is 6.54 Å². The summed E-state index contributed by atoms with van der Waals surface area (Å²) >= 11 is 0. The second kappa shape index (κ2) is 7.19. The number of nitrogens with two attached hydrogens (primary N) is 1. The fourth-order valence-corrected chi connectivity index (χ4v) is 3.72. The third kappa shape index (κ3) is 3.29. The molecule has 3 N–H and O–H groups in total. The Bertz CT molecular complexity index is 935. The van der Waals surface area contributed by atoms with Gasteiger partial charge in [0, 0.05) is 12.1 Å². The number of para-hydroxylation sites is 2. The van der Waals surface area contributed by atoms with Gasteiger partial charge in [0.1, 0.15) is 0 Å². The number of anilines is 1. The van der Waals surface area contributed by atoms with Crippen molar-refractivity contribution in [3.63, 3.8) is 0 Å². The second-order valence-corrected chi connectivity index (χ2v) is 7.02. The molecule has 3 aromatic rings. The summed E-state index contributed by atoms with van der Waals surface area (Å²) in [5, 5.41) is 12.6. The van der Waals surface area contributed by atoms with Crippen LogP contribution in [-0.4, -0.2) is 21.6 Å². The van der Waals surface area contributed by atoms with Gasteiger partial charge in [0.15, 0.2) is 0 Å². The first kappa shape index (κ1) is 16.6. The minimum atomic E-state index is 0.173. The lowest BCUT2D eigenvalue weighted by molar-refractivity contribution is 0.401. The highest BCUT2D eigenvalue weighted by Gasteiger charge is 2.23. The Labute approximate surface area is 153 Å². The van der Waals surface area contributed by atoms with Crippen LogP contribution >= 0.6 is 0 Å². The van der Waals surface area contributed by atoms with Gasteiger partial charge in [-0.2, -0.15) is 5.26 Å². The zero-order chi connectivity index (χ0) is 17.9. The molecule has 132 valence electrons. The number of hydrogen-bond acceptors (Lipinski definition) is 4. The zero-order valence-electron chi connectivity index (χ0n) is 14.7. The SMILES string of the molecule is N#Cc1ccc(Cn2c(NC3CCCCC3N)nc3ccccc32)cc1. The lowest BCUT2D eigenvalue weighted by atomic mass is 9.91. The summed E-state index contributed by atoms with van der Waals surface area (Å²) in [5.74, 6) is 0.873. The highest BCUT2D eigenvalue weighted by molar-refractivity contribution is 5.78. The largest absolute Gasteiger partial charge is 0.351 e. The van der Waals surface area contributed by atoms with Crippen LogP contribution in [0, 0.1) is 11.3 Å². The number of imidazole rings is 1. The molecule has 0 bridgehead atoms. The van der Waals surface area contributed by atoms with Crippen molar-refractivity contribution >= 4 is 17.0 Å². The third-order valence-corrected chi connectivity index (χ3v) is 5.21. The fraction of sp³-hybridized carbons (Fsp3) is 0.333. The summed E-state index contributed by atoms with van der Waals surface area (Å²) in [6.07, 6.45) is 4.57. The predicted octanol–water partition coefficient (Wildman–Crippen LogP) is 3.64. The van der Waals surface area contributed by atoms with Crippen molar-refractivity contribution in [1.82, 2.24) is 9.55 Å². The topological polar surface area (TPSA) is 79.7 Å². The maximum absolute atomic E-state index is 8.99. The van der Waals surface area contributed by atoms with Crippen molar-refractivity contribution in [1.29, 1.82) is 5.26 Å². The number of nitrogens with zero attached hydrogens (tertiary/aromatic N) is 3. The van der Waals surface area contributed by atoms with Crippen molar-refractivity contribution in [3.05, 3.63) is 59.7 Å². The molecule has 2 aromatic carbocycles. The van der Waals surface area contributed by atoms with Crippen molar-refractivity contribution in [2.75, 3.05) is 5.32 Å². The molecular formula is C21H23N5. The van der Waals surface area contributed by atoms with E-state index in [1.165, 1.54) is 12.8 Å². The smallest absolute Gasteiger partial charge is 0.204 e. The lowest BCUT2D eigenvalue weighted by Gasteiger charge is -2.29. The molecule has 1 saturated carbocycles. The summed E-state index contributed by atoms with van der Waals surface area (Å²) in [4.78, 5) is 4.82. The lowest BCUT2D eigenvalue weighted by Crippen LogP contribution is -2.43. The molecule has 5 heteroatoms. The average Bonchev–Trinajstić information content (AvgIpc) is 3.01. The van der Waals surface area contributed by atoms with E-state index in [2.05, 4.69) is 22.0 Å². The number of rotatable bonds is 4. The highest BCUT2D eigenvalue weighted by atomic mass is 15.2. The van der Waals surface area contributed by atoms with Crippen molar-refractivity contribution in [2.45, 2.75) is 44.3 Å².